The van der Waals surface area contributed by atoms with Crippen molar-refractivity contribution >= 4 is 39.3 Å². The first kappa shape index (κ1) is 25.0. The molecule has 0 spiro atoms. The highest BCUT2D eigenvalue weighted by atomic mass is 79.9. The molecule has 1 N–H and O–H groups in total. The van der Waals surface area contributed by atoms with Gasteiger partial charge in [0.05, 0.1) is 6.42 Å². The molecule has 1 atom stereocenters. The zero-order valence-corrected chi connectivity index (χ0v) is 21.0. The van der Waals surface area contributed by atoms with E-state index in [-0.39, 0.29) is 18.2 Å². The zero-order valence-electron chi connectivity index (χ0n) is 18.6. The minimum Gasteiger partial charge on any atom is -0.354 e. The molecule has 2 amide bonds. The van der Waals surface area contributed by atoms with Gasteiger partial charge in [-0.05, 0) is 41.3 Å². The summed E-state index contributed by atoms with van der Waals surface area (Å²) >= 11 is 9.79. The predicted molar refractivity (Wildman–Crippen MR) is 137 cm³/mol. The Balaban J connectivity index is 1.95. The van der Waals surface area contributed by atoms with Crippen LogP contribution >= 0.6 is 27.5 Å². The molecule has 0 saturated heterocycles. The number of benzene rings is 3. The van der Waals surface area contributed by atoms with Crippen molar-refractivity contribution in [3.05, 3.63) is 105 Å². The molecule has 0 aliphatic heterocycles. The van der Waals surface area contributed by atoms with Gasteiger partial charge in [0.2, 0.25) is 11.8 Å². The minimum atomic E-state index is -0.641. The second-order valence-corrected chi connectivity index (χ2v) is 9.24. The maximum Gasteiger partial charge on any atom is 0.243 e. The summed E-state index contributed by atoms with van der Waals surface area (Å²) in [6.45, 7) is 2.90. The normalized spacial score (nSPS) is 11.6. The van der Waals surface area contributed by atoms with Gasteiger partial charge in [-0.1, -0.05) is 95.1 Å². The Labute approximate surface area is 209 Å². The summed E-state index contributed by atoms with van der Waals surface area (Å²) in [6.07, 6.45) is 1.38. The standard InChI is InChI=1S/C27H28BrClN2O2/c1-2-16-30-27(33)25(17-20-8-4-3-5-9-20)31(19-21-12-14-23(28)15-13-21)26(32)18-22-10-6-7-11-24(22)29/h3-15,25H,2,16-19H2,1H3,(H,30,33)/t25-/m0/s1. The lowest BCUT2D eigenvalue weighted by Crippen LogP contribution is -2.51. The molecule has 0 heterocycles. The Morgan fingerprint density at radius 1 is 0.939 bits per heavy atom. The van der Waals surface area contributed by atoms with E-state index in [1.54, 1.807) is 11.0 Å². The van der Waals surface area contributed by atoms with Crippen molar-refractivity contribution in [3.63, 3.8) is 0 Å². The first-order chi connectivity index (χ1) is 16.0. The molecular formula is C27H28BrClN2O2. The molecule has 0 radical (unpaired) electrons. The van der Waals surface area contributed by atoms with Gasteiger partial charge in [0, 0.05) is 29.0 Å². The van der Waals surface area contributed by atoms with Crippen LogP contribution in [0.5, 0.6) is 0 Å². The number of nitrogens with zero attached hydrogens (tertiary/aromatic N) is 1. The quantitative estimate of drug-likeness (QED) is 0.362. The van der Waals surface area contributed by atoms with E-state index < -0.39 is 6.04 Å². The number of rotatable bonds is 10. The molecule has 4 nitrogen and oxygen atoms in total. The maximum absolute atomic E-state index is 13.6. The van der Waals surface area contributed by atoms with Crippen LogP contribution in [-0.4, -0.2) is 29.3 Å². The molecule has 3 rings (SSSR count). The summed E-state index contributed by atoms with van der Waals surface area (Å²) in [5, 5.41) is 3.54. The zero-order chi connectivity index (χ0) is 23.6. The van der Waals surface area contributed by atoms with Gasteiger partial charge in [0.25, 0.3) is 0 Å². The lowest BCUT2D eigenvalue weighted by Gasteiger charge is -2.32. The number of nitrogens with one attached hydrogen (secondary N) is 1. The number of carbonyl (C=O) groups excluding carboxylic acids is 2. The highest BCUT2D eigenvalue weighted by Gasteiger charge is 2.30. The molecule has 0 saturated carbocycles. The van der Waals surface area contributed by atoms with Crippen LogP contribution in [-0.2, 0) is 29.0 Å². The number of hydrogen-bond acceptors (Lipinski definition) is 2. The summed E-state index contributed by atoms with van der Waals surface area (Å²) in [7, 11) is 0. The van der Waals surface area contributed by atoms with Crippen molar-refractivity contribution in [1.82, 2.24) is 10.2 Å². The van der Waals surface area contributed by atoms with Gasteiger partial charge in [0.1, 0.15) is 6.04 Å². The number of carbonyl (C=O) groups is 2. The van der Waals surface area contributed by atoms with Gasteiger partial charge in [0.15, 0.2) is 0 Å². The average molecular weight is 528 g/mol. The Hall–Kier alpha value is -2.63. The topological polar surface area (TPSA) is 49.4 Å². The SMILES string of the molecule is CCCNC(=O)[C@H](Cc1ccccc1)N(Cc1ccc(Br)cc1)C(=O)Cc1ccccc1Cl. The summed E-state index contributed by atoms with van der Waals surface area (Å²) in [6, 6.07) is 24.3. The van der Waals surface area contributed by atoms with Gasteiger partial charge in [-0.3, -0.25) is 9.59 Å². The third-order valence-corrected chi connectivity index (χ3v) is 6.28. The van der Waals surface area contributed by atoms with Crippen molar-refractivity contribution in [2.75, 3.05) is 6.54 Å². The smallest absolute Gasteiger partial charge is 0.243 e. The van der Waals surface area contributed by atoms with Crippen LogP contribution in [0.1, 0.15) is 30.0 Å². The molecule has 0 aromatic heterocycles. The van der Waals surface area contributed by atoms with Crippen molar-refractivity contribution in [3.8, 4) is 0 Å². The Bertz CT molecular complexity index is 1060. The van der Waals surface area contributed by atoms with Gasteiger partial charge < -0.3 is 10.2 Å². The van der Waals surface area contributed by atoms with Gasteiger partial charge >= 0.3 is 0 Å². The van der Waals surface area contributed by atoms with E-state index in [1.807, 2.05) is 79.7 Å². The third kappa shape index (κ3) is 7.44. The fraction of sp³-hybridized carbons (Fsp3) is 0.259. The third-order valence-electron chi connectivity index (χ3n) is 5.39. The minimum absolute atomic E-state index is 0.128. The van der Waals surface area contributed by atoms with Crippen molar-refractivity contribution in [2.24, 2.45) is 0 Å². The molecule has 0 unspecified atom stereocenters. The van der Waals surface area contributed by atoms with Gasteiger partial charge in [-0.2, -0.15) is 0 Å². The Morgan fingerprint density at radius 3 is 2.27 bits per heavy atom. The molecular weight excluding hydrogens is 500 g/mol. The van der Waals surface area contributed by atoms with E-state index in [1.165, 1.54) is 0 Å². The fourth-order valence-corrected chi connectivity index (χ4v) is 4.08. The van der Waals surface area contributed by atoms with Crippen LogP contribution in [0.2, 0.25) is 5.02 Å². The van der Waals surface area contributed by atoms with E-state index in [0.717, 1.165) is 27.6 Å². The molecule has 0 aliphatic carbocycles. The molecule has 3 aromatic rings. The lowest BCUT2D eigenvalue weighted by molar-refractivity contribution is -0.140. The second kappa shape index (κ2) is 12.6. The van der Waals surface area contributed by atoms with Crippen LogP contribution in [0, 0.1) is 0 Å². The summed E-state index contributed by atoms with van der Waals surface area (Å²) in [5.41, 5.74) is 2.70. The molecule has 0 fully saturated rings. The van der Waals surface area contributed by atoms with Crippen LogP contribution < -0.4 is 5.32 Å². The second-order valence-electron chi connectivity index (χ2n) is 7.91. The van der Waals surface area contributed by atoms with Crippen molar-refractivity contribution in [2.45, 2.75) is 38.8 Å². The summed E-state index contributed by atoms with van der Waals surface area (Å²) in [5.74, 6) is -0.288. The molecule has 33 heavy (non-hydrogen) atoms. The largest absolute Gasteiger partial charge is 0.354 e. The van der Waals surface area contributed by atoms with Crippen LogP contribution in [0.25, 0.3) is 0 Å². The lowest BCUT2D eigenvalue weighted by atomic mass is 10.0. The van der Waals surface area contributed by atoms with Crippen LogP contribution in [0.3, 0.4) is 0 Å². The van der Waals surface area contributed by atoms with E-state index in [2.05, 4.69) is 21.2 Å². The Morgan fingerprint density at radius 2 is 1.61 bits per heavy atom. The monoisotopic (exact) mass is 526 g/mol. The van der Waals surface area contributed by atoms with Crippen molar-refractivity contribution in [1.29, 1.82) is 0 Å². The Kier molecular flexibility index (Phi) is 9.52. The number of hydrogen-bond donors (Lipinski definition) is 1. The first-order valence-electron chi connectivity index (χ1n) is 11.1. The van der Waals surface area contributed by atoms with Crippen molar-refractivity contribution < 1.29 is 9.59 Å². The summed E-state index contributed by atoms with van der Waals surface area (Å²) in [4.78, 5) is 28.6. The summed E-state index contributed by atoms with van der Waals surface area (Å²) < 4.78 is 0.960. The fourth-order valence-electron chi connectivity index (χ4n) is 3.61. The number of amides is 2. The number of halogens is 2. The maximum atomic E-state index is 13.6. The van der Waals surface area contributed by atoms with E-state index in [0.29, 0.717) is 24.5 Å². The molecule has 6 heteroatoms. The molecule has 172 valence electrons. The van der Waals surface area contributed by atoms with E-state index in [4.69, 9.17) is 11.6 Å². The van der Waals surface area contributed by atoms with E-state index in [9.17, 15) is 9.59 Å². The highest BCUT2D eigenvalue weighted by molar-refractivity contribution is 9.10. The van der Waals surface area contributed by atoms with Crippen LogP contribution in [0.15, 0.2) is 83.3 Å². The highest BCUT2D eigenvalue weighted by Crippen LogP contribution is 2.21. The van der Waals surface area contributed by atoms with E-state index >= 15 is 0 Å². The first-order valence-corrected chi connectivity index (χ1v) is 12.2. The average Bonchev–Trinajstić information content (AvgIpc) is 2.83. The molecule has 0 bridgehead atoms. The predicted octanol–water partition coefficient (Wildman–Crippen LogP) is 5.81. The molecule has 0 aliphatic rings. The van der Waals surface area contributed by atoms with Gasteiger partial charge in [-0.25, -0.2) is 0 Å². The van der Waals surface area contributed by atoms with Gasteiger partial charge in [-0.15, -0.1) is 0 Å². The molecule has 3 aromatic carbocycles. The van der Waals surface area contributed by atoms with Crippen LogP contribution in [0.4, 0.5) is 0 Å².